The van der Waals surface area contributed by atoms with E-state index in [1.165, 1.54) is 0 Å². The summed E-state index contributed by atoms with van der Waals surface area (Å²) in [5, 5.41) is 0. The van der Waals surface area contributed by atoms with Crippen LogP contribution in [0.3, 0.4) is 0 Å². The van der Waals surface area contributed by atoms with Crippen molar-refractivity contribution in [3.63, 3.8) is 0 Å². The quantitative estimate of drug-likeness (QED) is 0.692. The Morgan fingerprint density at radius 1 is 0.684 bits per heavy atom. The maximum atomic E-state index is 13.1. The van der Waals surface area contributed by atoms with E-state index in [4.69, 9.17) is 0 Å². The van der Waals surface area contributed by atoms with Gasteiger partial charge in [0.15, 0.2) is 0 Å². The maximum absolute atomic E-state index is 13.1. The smallest absolute Gasteiger partial charge is 0.332 e. The summed E-state index contributed by atoms with van der Waals surface area (Å²) >= 11 is 0. The van der Waals surface area contributed by atoms with E-state index in [0.29, 0.717) is 0 Å². The van der Waals surface area contributed by atoms with E-state index in [9.17, 15) is 43.9 Å². The fraction of sp³-hybridized carbons (Fsp3) is 1.00. The summed E-state index contributed by atoms with van der Waals surface area (Å²) in [5.74, 6) is -22.7. The molecule has 0 amide bonds. The van der Waals surface area contributed by atoms with Gasteiger partial charge in [0.2, 0.25) is 0 Å². The molecule has 0 spiro atoms. The fourth-order valence-electron chi connectivity index (χ4n) is 0.864. The van der Waals surface area contributed by atoms with Crippen LogP contribution in [0.2, 0.25) is 0 Å². The van der Waals surface area contributed by atoms with Crippen molar-refractivity contribution in [1.29, 1.82) is 0 Å². The third kappa shape index (κ3) is 3.63. The predicted molar refractivity (Wildman–Crippen MR) is 42.0 cm³/mol. The fourth-order valence-corrected chi connectivity index (χ4v) is 0.864. The normalized spacial score (nSPS) is 18.3. The van der Waals surface area contributed by atoms with Crippen molar-refractivity contribution in [3.8, 4) is 0 Å². The lowest BCUT2D eigenvalue weighted by atomic mass is 10.00. The van der Waals surface area contributed by atoms with E-state index in [1.54, 1.807) is 0 Å². The molecule has 0 aliphatic rings. The molecular formula is C8H8F10O. The molecule has 0 aromatic heterocycles. The Labute approximate surface area is 100 Å². The lowest BCUT2D eigenvalue weighted by Crippen LogP contribution is -2.62. The Bertz CT molecular complexity index is 312. The lowest BCUT2D eigenvalue weighted by Gasteiger charge is -2.37. The predicted octanol–water partition coefficient (Wildman–Crippen LogP) is 4.18. The Morgan fingerprint density at radius 2 is 1.05 bits per heavy atom. The minimum atomic E-state index is -6.24. The molecule has 0 aliphatic heterocycles. The Hall–Kier alpha value is -0.740. The molecule has 0 bridgehead atoms. The first-order chi connectivity index (χ1) is 7.96. The number of hydrogen-bond donors (Lipinski definition) is 0. The zero-order chi connectivity index (χ0) is 15.9. The van der Waals surface area contributed by atoms with Crippen LogP contribution in [0.1, 0.15) is 13.8 Å². The number of alkyl halides is 10. The third-order valence-electron chi connectivity index (χ3n) is 2.01. The summed E-state index contributed by atoms with van der Waals surface area (Å²) in [7, 11) is 0. The van der Waals surface area contributed by atoms with Crippen LogP contribution in [0.25, 0.3) is 0 Å². The van der Waals surface area contributed by atoms with Gasteiger partial charge in [-0.2, -0.15) is 39.5 Å². The van der Waals surface area contributed by atoms with Gasteiger partial charge < -0.3 is 4.74 Å². The Balaban J connectivity index is 5.28. The van der Waals surface area contributed by atoms with Crippen LogP contribution in [-0.4, -0.2) is 36.4 Å². The van der Waals surface area contributed by atoms with Crippen LogP contribution >= 0.6 is 0 Å². The largest absolute Gasteiger partial charge is 0.411 e. The molecule has 0 saturated heterocycles. The van der Waals surface area contributed by atoms with Crippen molar-refractivity contribution in [3.05, 3.63) is 0 Å². The summed E-state index contributed by atoms with van der Waals surface area (Å²) in [6, 6.07) is 0. The molecule has 0 aromatic carbocycles. The van der Waals surface area contributed by atoms with Gasteiger partial charge in [0.25, 0.3) is 5.85 Å². The van der Waals surface area contributed by atoms with Gasteiger partial charge >= 0.3 is 23.9 Å². The molecule has 0 aliphatic carbocycles. The molecule has 1 atom stereocenters. The zero-order valence-electron chi connectivity index (χ0n) is 9.39. The summed E-state index contributed by atoms with van der Waals surface area (Å²) in [4.78, 5) is 0. The van der Waals surface area contributed by atoms with Crippen LogP contribution in [-0.2, 0) is 4.74 Å². The molecule has 19 heavy (non-hydrogen) atoms. The standard InChI is InChI=1S/C8H8F10O/c1-4(9,10)7(15,16)8(17,18)5(2,11)19-3-6(12,13)14/h3H2,1-2H3. The highest BCUT2D eigenvalue weighted by Gasteiger charge is 2.77. The molecule has 0 saturated carbocycles. The Morgan fingerprint density at radius 3 is 1.32 bits per heavy atom. The van der Waals surface area contributed by atoms with E-state index in [-0.39, 0.29) is 0 Å². The van der Waals surface area contributed by atoms with E-state index < -0.39 is 50.3 Å². The van der Waals surface area contributed by atoms with Gasteiger partial charge in [0.1, 0.15) is 6.61 Å². The first-order valence-corrected chi connectivity index (χ1v) is 4.49. The molecule has 0 radical (unpaired) electrons. The van der Waals surface area contributed by atoms with Crippen molar-refractivity contribution in [2.45, 2.75) is 43.6 Å². The van der Waals surface area contributed by atoms with Gasteiger partial charge in [0.05, 0.1) is 0 Å². The van der Waals surface area contributed by atoms with Gasteiger partial charge in [-0.15, -0.1) is 0 Å². The van der Waals surface area contributed by atoms with Crippen molar-refractivity contribution < 1.29 is 48.6 Å². The lowest BCUT2D eigenvalue weighted by molar-refractivity contribution is -0.390. The Kier molecular flexibility index (Phi) is 4.49. The van der Waals surface area contributed by atoms with Gasteiger partial charge in [-0.3, -0.25) is 0 Å². The van der Waals surface area contributed by atoms with Crippen molar-refractivity contribution in [2.75, 3.05) is 6.61 Å². The monoisotopic (exact) mass is 310 g/mol. The molecule has 116 valence electrons. The average molecular weight is 310 g/mol. The molecule has 1 nitrogen and oxygen atoms in total. The van der Waals surface area contributed by atoms with Crippen LogP contribution in [0, 0.1) is 0 Å². The van der Waals surface area contributed by atoms with Crippen LogP contribution < -0.4 is 0 Å². The van der Waals surface area contributed by atoms with Gasteiger partial charge in [-0.1, -0.05) is 0 Å². The molecule has 0 N–H and O–H groups in total. The first kappa shape index (κ1) is 18.3. The van der Waals surface area contributed by atoms with E-state index >= 15 is 0 Å². The highest BCUT2D eigenvalue weighted by molar-refractivity contribution is 5.01. The average Bonchev–Trinajstić information content (AvgIpc) is 2.11. The van der Waals surface area contributed by atoms with Crippen LogP contribution in [0.5, 0.6) is 0 Å². The van der Waals surface area contributed by atoms with Crippen molar-refractivity contribution in [2.24, 2.45) is 0 Å². The topological polar surface area (TPSA) is 9.23 Å². The second-order valence-electron chi connectivity index (χ2n) is 3.86. The number of rotatable bonds is 5. The van der Waals surface area contributed by atoms with Gasteiger partial charge in [-0.05, 0) is 0 Å². The third-order valence-corrected chi connectivity index (χ3v) is 2.01. The second-order valence-corrected chi connectivity index (χ2v) is 3.86. The van der Waals surface area contributed by atoms with E-state index in [0.717, 1.165) is 0 Å². The minimum Gasteiger partial charge on any atom is -0.332 e. The van der Waals surface area contributed by atoms with Crippen LogP contribution in [0.4, 0.5) is 43.9 Å². The van der Waals surface area contributed by atoms with Crippen LogP contribution in [0.15, 0.2) is 0 Å². The summed E-state index contributed by atoms with van der Waals surface area (Å²) < 4.78 is 127. The second kappa shape index (κ2) is 4.67. The molecule has 0 heterocycles. The summed E-state index contributed by atoms with van der Waals surface area (Å²) in [6.07, 6.45) is -5.30. The van der Waals surface area contributed by atoms with Crippen molar-refractivity contribution in [1.82, 2.24) is 0 Å². The first-order valence-electron chi connectivity index (χ1n) is 4.49. The molecular weight excluding hydrogens is 302 g/mol. The molecule has 0 rings (SSSR count). The van der Waals surface area contributed by atoms with Gasteiger partial charge in [-0.25, -0.2) is 4.39 Å². The molecule has 1 unspecified atom stereocenters. The molecule has 0 fully saturated rings. The SMILES string of the molecule is CC(F)(F)C(F)(F)C(F)(F)C(C)(F)OCC(F)(F)F. The number of halogens is 10. The highest BCUT2D eigenvalue weighted by atomic mass is 19.4. The number of ether oxygens (including phenoxy) is 1. The van der Waals surface area contributed by atoms with Crippen molar-refractivity contribution >= 4 is 0 Å². The highest BCUT2D eigenvalue weighted by Crippen LogP contribution is 2.52. The van der Waals surface area contributed by atoms with E-state index in [2.05, 4.69) is 4.74 Å². The van der Waals surface area contributed by atoms with Gasteiger partial charge in [0, 0.05) is 13.8 Å². The maximum Gasteiger partial charge on any atom is 0.411 e. The molecule has 0 aromatic rings. The summed E-state index contributed by atoms with van der Waals surface area (Å²) in [6.45, 7) is -3.75. The number of hydrogen-bond acceptors (Lipinski definition) is 1. The minimum absolute atomic E-state index is 0.488. The summed E-state index contributed by atoms with van der Waals surface area (Å²) in [5.41, 5.74) is 0. The zero-order valence-corrected chi connectivity index (χ0v) is 9.39. The molecule has 11 heteroatoms. The van der Waals surface area contributed by atoms with E-state index in [1.807, 2.05) is 0 Å².